The first-order valence-electron chi connectivity index (χ1n) is 10.3. The summed E-state index contributed by atoms with van der Waals surface area (Å²) in [5, 5.41) is 13.4. The number of hydrogen-bond acceptors (Lipinski definition) is 5. The van der Waals surface area contributed by atoms with E-state index < -0.39 is 23.1 Å². The summed E-state index contributed by atoms with van der Waals surface area (Å²) in [6.07, 6.45) is 4.95. The van der Waals surface area contributed by atoms with Gasteiger partial charge in [0.2, 0.25) is 0 Å². The molecule has 0 aliphatic carbocycles. The fraction of sp³-hybridized carbons (Fsp3) is 0.250. The van der Waals surface area contributed by atoms with Crippen molar-refractivity contribution in [2.24, 2.45) is 10.7 Å². The standard InChI is InChI=1S/C24H26F3N5O2/c1-14-12-32(13-30-14)19-6-5-16(9-20(19)34-4)31-22(28)10-21(24(2,3)33)29-11-15-7-17(25)23(27)18(26)8-15/h5-10,12-13,29,33H,11H2,1-4H3,(H2,28,31)/b21-10-. The van der Waals surface area contributed by atoms with E-state index in [1.165, 1.54) is 27.0 Å². The van der Waals surface area contributed by atoms with Gasteiger partial charge in [0.1, 0.15) is 11.6 Å². The van der Waals surface area contributed by atoms with Gasteiger partial charge in [-0.2, -0.15) is 0 Å². The number of rotatable bonds is 8. The maximum atomic E-state index is 13.5. The second-order valence-electron chi connectivity index (χ2n) is 8.16. The predicted molar refractivity (Wildman–Crippen MR) is 124 cm³/mol. The lowest BCUT2D eigenvalue weighted by atomic mass is 10.0. The molecule has 3 rings (SSSR count). The minimum atomic E-state index is -1.54. The molecule has 0 saturated heterocycles. The van der Waals surface area contributed by atoms with Gasteiger partial charge >= 0.3 is 0 Å². The van der Waals surface area contributed by atoms with Crippen LogP contribution in [0.5, 0.6) is 5.75 Å². The summed E-state index contributed by atoms with van der Waals surface area (Å²) in [6.45, 7) is 4.82. The van der Waals surface area contributed by atoms with Gasteiger partial charge in [0.15, 0.2) is 17.5 Å². The number of aliphatic imine (C=N–C) groups is 1. The molecular formula is C24H26F3N5O2. The van der Waals surface area contributed by atoms with E-state index in [9.17, 15) is 18.3 Å². The molecule has 0 aliphatic rings. The molecule has 0 saturated carbocycles. The minimum Gasteiger partial charge on any atom is -0.494 e. The van der Waals surface area contributed by atoms with Gasteiger partial charge in [-0.15, -0.1) is 0 Å². The van der Waals surface area contributed by atoms with Crippen molar-refractivity contribution in [3.05, 3.63) is 83.3 Å². The predicted octanol–water partition coefficient (Wildman–Crippen LogP) is 4.04. The summed E-state index contributed by atoms with van der Waals surface area (Å²) < 4.78 is 47.5. The molecule has 0 unspecified atom stereocenters. The molecule has 1 heterocycles. The molecular weight excluding hydrogens is 447 g/mol. The van der Waals surface area contributed by atoms with Crippen molar-refractivity contribution < 1.29 is 23.0 Å². The number of aromatic nitrogens is 2. The van der Waals surface area contributed by atoms with Crippen LogP contribution in [0.3, 0.4) is 0 Å². The van der Waals surface area contributed by atoms with Crippen LogP contribution in [0.2, 0.25) is 0 Å². The lowest BCUT2D eigenvalue weighted by Gasteiger charge is -2.23. The zero-order chi connectivity index (χ0) is 25.0. The maximum absolute atomic E-state index is 13.5. The monoisotopic (exact) mass is 473 g/mol. The highest BCUT2D eigenvalue weighted by Gasteiger charge is 2.20. The van der Waals surface area contributed by atoms with E-state index in [0.29, 0.717) is 11.4 Å². The van der Waals surface area contributed by atoms with Crippen LogP contribution < -0.4 is 15.8 Å². The summed E-state index contributed by atoms with van der Waals surface area (Å²) in [7, 11) is 1.54. The Kier molecular flexibility index (Phi) is 7.31. The lowest BCUT2D eigenvalue weighted by molar-refractivity contribution is 0.111. The average molecular weight is 473 g/mol. The highest BCUT2D eigenvalue weighted by atomic mass is 19.2. The van der Waals surface area contributed by atoms with Crippen LogP contribution in [0.4, 0.5) is 18.9 Å². The smallest absolute Gasteiger partial charge is 0.194 e. The van der Waals surface area contributed by atoms with Gasteiger partial charge in [-0.05, 0) is 50.6 Å². The van der Waals surface area contributed by atoms with E-state index in [1.807, 2.05) is 23.8 Å². The molecule has 7 nitrogen and oxygen atoms in total. The van der Waals surface area contributed by atoms with Crippen molar-refractivity contribution in [2.45, 2.75) is 32.9 Å². The van der Waals surface area contributed by atoms with Crippen LogP contribution in [0.25, 0.3) is 5.69 Å². The van der Waals surface area contributed by atoms with Crippen LogP contribution >= 0.6 is 0 Å². The number of amidine groups is 1. The number of benzene rings is 2. The summed E-state index contributed by atoms with van der Waals surface area (Å²) in [5.41, 5.74) is 7.23. The van der Waals surface area contributed by atoms with Gasteiger partial charge < -0.3 is 25.5 Å². The minimum absolute atomic E-state index is 0.0642. The van der Waals surface area contributed by atoms with Crippen molar-refractivity contribution in [1.82, 2.24) is 14.9 Å². The van der Waals surface area contributed by atoms with Crippen molar-refractivity contribution in [1.29, 1.82) is 0 Å². The van der Waals surface area contributed by atoms with Gasteiger partial charge in [0, 0.05) is 30.6 Å². The van der Waals surface area contributed by atoms with Crippen LogP contribution in [0, 0.1) is 24.4 Å². The molecule has 0 bridgehead atoms. The van der Waals surface area contributed by atoms with E-state index in [1.54, 1.807) is 18.5 Å². The SMILES string of the molecule is COc1cc(N=C(N)/C=C(\NCc2cc(F)c(F)c(F)c2)C(C)(C)O)ccc1-n1cnc(C)c1. The summed E-state index contributed by atoms with van der Waals surface area (Å²) in [4.78, 5) is 8.56. The van der Waals surface area contributed by atoms with Crippen molar-refractivity contribution in [3.63, 3.8) is 0 Å². The molecule has 0 amide bonds. The highest BCUT2D eigenvalue weighted by Crippen LogP contribution is 2.28. The Labute approximate surface area is 195 Å². The number of halogens is 3. The molecule has 1 aromatic heterocycles. The van der Waals surface area contributed by atoms with E-state index in [0.717, 1.165) is 23.5 Å². The Hall–Kier alpha value is -3.79. The van der Waals surface area contributed by atoms with Gasteiger partial charge in [-0.1, -0.05) is 0 Å². The lowest BCUT2D eigenvalue weighted by Crippen LogP contribution is -2.33. The zero-order valence-electron chi connectivity index (χ0n) is 19.2. The van der Waals surface area contributed by atoms with Gasteiger partial charge in [-0.25, -0.2) is 23.1 Å². The molecule has 0 spiro atoms. The van der Waals surface area contributed by atoms with Crippen LogP contribution in [0.1, 0.15) is 25.1 Å². The Morgan fingerprint density at radius 2 is 1.91 bits per heavy atom. The largest absolute Gasteiger partial charge is 0.494 e. The summed E-state index contributed by atoms with van der Waals surface area (Å²) in [5.74, 6) is -3.51. The number of aliphatic hydroxyl groups is 1. The molecule has 0 radical (unpaired) electrons. The van der Waals surface area contributed by atoms with E-state index in [-0.39, 0.29) is 23.6 Å². The van der Waals surface area contributed by atoms with Crippen molar-refractivity contribution in [3.8, 4) is 11.4 Å². The summed E-state index contributed by atoms with van der Waals surface area (Å²) in [6, 6.07) is 7.01. The molecule has 0 aliphatic heterocycles. The number of aryl methyl sites for hydroxylation is 1. The molecule has 3 aromatic rings. The first-order valence-corrected chi connectivity index (χ1v) is 10.3. The fourth-order valence-corrected chi connectivity index (χ4v) is 3.18. The number of methoxy groups -OCH3 is 1. The summed E-state index contributed by atoms with van der Waals surface area (Å²) >= 11 is 0. The average Bonchev–Trinajstić information content (AvgIpc) is 3.19. The zero-order valence-corrected chi connectivity index (χ0v) is 19.2. The van der Waals surface area contributed by atoms with Crippen LogP contribution in [-0.4, -0.2) is 33.2 Å². The van der Waals surface area contributed by atoms with Crippen LogP contribution in [-0.2, 0) is 6.54 Å². The third-order valence-corrected chi connectivity index (χ3v) is 4.89. The normalized spacial score (nSPS) is 12.7. The third kappa shape index (κ3) is 5.96. The molecule has 10 heteroatoms. The quantitative estimate of drug-likeness (QED) is 0.261. The third-order valence-electron chi connectivity index (χ3n) is 4.89. The van der Waals surface area contributed by atoms with E-state index in [4.69, 9.17) is 10.5 Å². The second kappa shape index (κ2) is 10.0. The Balaban J connectivity index is 1.85. The fourth-order valence-electron chi connectivity index (χ4n) is 3.18. The number of nitrogens with one attached hydrogen (secondary N) is 1. The molecule has 0 fully saturated rings. The number of imidazole rings is 1. The second-order valence-corrected chi connectivity index (χ2v) is 8.16. The van der Waals surface area contributed by atoms with E-state index >= 15 is 0 Å². The van der Waals surface area contributed by atoms with Gasteiger partial charge in [-0.3, -0.25) is 0 Å². The Morgan fingerprint density at radius 3 is 2.47 bits per heavy atom. The van der Waals surface area contributed by atoms with Gasteiger partial charge in [0.25, 0.3) is 0 Å². The number of nitrogens with zero attached hydrogens (tertiary/aromatic N) is 3. The van der Waals surface area contributed by atoms with Gasteiger partial charge in [0.05, 0.1) is 36.1 Å². The number of nitrogens with two attached hydrogens (primary N) is 1. The molecule has 4 N–H and O–H groups in total. The Bertz CT molecular complexity index is 1220. The molecule has 0 atom stereocenters. The van der Waals surface area contributed by atoms with Crippen LogP contribution in [0.15, 0.2) is 59.6 Å². The highest BCUT2D eigenvalue weighted by molar-refractivity contribution is 5.94. The maximum Gasteiger partial charge on any atom is 0.194 e. The number of ether oxygens (including phenoxy) is 1. The molecule has 34 heavy (non-hydrogen) atoms. The molecule has 180 valence electrons. The van der Waals surface area contributed by atoms with Crippen molar-refractivity contribution >= 4 is 11.5 Å². The number of hydrogen-bond donors (Lipinski definition) is 3. The topological polar surface area (TPSA) is 97.7 Å². The first-order chi connectivity index (χ1) is 16.0. The van der Waals surface area contributed by atoms with Crippen molar-refractivity contribution in [2.75, 3.05) is 7.11 Å². The molecule has 2 aromatic carbocycles. The first kappa shape index (κ1) is 24.8. The van der Waals surface area contributed by atoms with E-state index in [2.05, 4.69) is 15.3 Å². The Morgan fingerprint density at radius 1 is 1.24 bits per heavy atom.